The van der Waals surface area contributed by atoms with E-state index in [1.807, 2.05) is 0 Å². The zero-order valence-corrected chi connectivity index (χ0v) is 8.75. The molecule has 1 N–H and O–H groups in total. The summed E-state index contributed by atoms with van der Waals surface area (Å²) in [6.45, 7) is 0. The van der Waals surface area contributed by atoms with Crippen LogP contribution in [0.3, 0.4) is 0 Å². The van der Waals surface area contributed by atoms with Crippen LogP contribution in [0.1, 0.15) is 12.2 Å². The van der Waals surface area contributed by atoms with Crippen LogP contribution < -0.4 is 0 Å². The van der Waals surface area contributed by atoms with E-state index in [1.54, 1.807) is 30.1 Å². The van der Waals surface area contributed by atoms with Crippen molar-refractivity contribution in [1.29, 1.82) is 0 Å². The van der Waals surface area contributed by atoms with Crippen molar-refractivity contribution in [2.24, 2.45) is 7.05 Å². The standard InChI is InChI=1S/C10H11N3O3/c1-13-8(4-5-9(14)15)11-10(12-13)7-3-2-6-16-7/h2-3,6H,4-5H2,1H3,(H,14,15). The Morgan fingerprint density at radius 2 is 2.44 bits per heavy atom. The summed E-state index contributed by atoms with van der Waals surface area (Å²) in [7, 11) is 1.73. The van der Waals surface area contributed by atoms with E-state index in [2.05, 4.69) is 10.1 Å². The highest BCUT2D eigenvalue weighted by Gasteiger charge is 2.11. The fourth-order valence-electron chi connectivity index (χ4n) is 1.36. The predicted molar refractivity (Wildman–Crippen MR) is 54.7 cm³/mol. The Labute approximate surface area is 91.5 Å². The number of carboxylic acid groups (broad SMARTS) is 1. The molecule has 16 heavy (non-hydrogen) atoms. The summed E-state index contributed by atoms with van der Waals surface area (Å²) >= 11 is 0. The molecule has 2 rings (SSSR count). The summed E-state index contributed by atoms with van der Waals surface area (Å²) in [6, 6.07) is 3.51. The van der Waals surface area contributed by atoms with Gasteiger partial charge in [-0.15, -0.1) is 5.10 Å². The lowest BCUT2D eigenvalue weighted by atomic mass is 10.3. The van der Waals surface area contributed by atoms with E-state index in [0.29, 0.717) is 23.8 Å². The van der Waals surface area contributed by atoms with Crippen molar-refractivity contribution in [3.63, 3.8) is 0 Å². The van der Waals surface area contributed by atoms with Crippen molar-refractivity contribution in [3.05, 3.63) is 24.2 Å². The highest BCUT2D eigenvalue weighted by atomic mass is 16.4. The van der Waals surface area contributed by atoms with Crippen molar-refractivity contribution >= 4 is 5.97 Å². The molecule has 0 atom stereocenters. The molecule has 0 fully saturated rings. The third-order valence-corrected chi connectivity index (χ3v) is 2.16. The first-order chi connectivity index (χ1) is 7.66. The first kappa shape index (κ1) is 10.4. The average Bonchev–Trinajstić information content (AvgIpc) is 2.83. The molecule has 0 saturated heterocycles. The van der Waals surface area contributed by atoms with E-state index in [-0.39, 0.29) is 6.42 Å². The van der Waals surface area contributed by atoms with Crippen LogP contribution in [0.15, 0.2) is 22.8 Å². The van der Waals surface area contributed by atoms with E-state index < -0.39 is 5.97 Å². The Morgan fingerprint density at radius 1 is 1.62 bits per heavy atom. The number of hydrogen-bond donors (Lipinski definition) is 1. The molecule has 0 radical (unpaired) electrons. The monoisotopic (exact) mass is 221 g/mol. The Hall–Kier alpha value is -2.11. The Bertz CT molecular complexity index is 487. The molecule has 0 aromatic carbocycles. The smallest absolute Gasteiger partial charge is 0.303 e. The number of furan rings is 1. The van der Waals surface area contributed by atoms with E-state index in [4.69, 9.17) is 9.52 Å². The number of carboxylic acids is 1. The van der Waals surface area contributed by atoms with E-state index in [0.717, 1.165) is 0 Å². The summed E-state index contributed by atoms with van der Waals surface area (Å²) in [4.78, 5) is 14.7. The number of aromatic nitrogens is 3. The number of hydrogen-bond acceptors (Lipinski definition) is 4. The third-order valence-electron chi connectivity index (χ3n) is 2.16. The van der Waals surface area contributed by atoms with Gasteiger partial charge in [0.25, 0.3) is 0 Å². The van der Waals surface area contributed by atoms with Gasteiger partial charge in [0.2, 0.25) is 5.82 Å². The van der Waals surface area contributed by atoms with E-state index in [9.17, 15) is 4.79 Å². The highest BCUT2D eigenvalue weighted by Crippen LogP contribution is 2.15. The Morgan fingerprint density at radius 3 is 3.06 bits per heavy atom. The van der Waals surface area contributed by atoms with Crippen LogP contribution in [0.25, 0.3) is 11.6 Å². The lowest BCUT2D eigenvalue weighted by Gasteiger charge is -1.95. The van der Waals surface area contributed by atoms with Crippen LogP contribution >= 0.6 is 0 Å². The van der Waals surface area contributed by atoms with E-state index >= 15 is 0 Å². The van der Waals surface area contributed by atoms with Crippen LogP contribution in [0.4, 0.5) is 0 Å². The molecular weight excluding hydrogens is 210 g/mol. The molecular formula is C10H11N3O3. The molecule has 0 spiro atoms. The Kier molecular flexibility index (Phi) is 2.72. The summed E-state index contributed by atoms with van der Waals surface area (Å²) < 4.78 is 6.73. The summed E-state index contributed by atoms with van der Waals surface area (Å²) in [5, 5.41) is 12.7. The highest BCUT2D eigenvalue weighted by molar-refractivity contribution is 5.66. The van der Waals surface area contributed by atoms with Gasteiger partial charge in [-0.3, -0.25) is 9.48 Å². The summed E-state index contributed by atoms with van der Waals surface area (Å²) in [5.41, 5.74) is 0. The molecule has 0 aliphatic carbocycles. The lowest BCUT2D eigenvalue weighted by molar-refractivity contribution is -0.137. The van der Waals surface area contributed by atoms with E-state index in [1.165, 1.54) is 0 Å². The topological polar surface area (TPSA) is 81.2 Å². The molecule has 0 aliphatic heterocycles. The van der Waals surface area contributed by atoms with Gasteiger partial charge in [-0.25, -0.2) is 4.98 Å². The second kappa shape index (κ2) is 4.18. The largest absolute Gasteiger partial charge is 0.481 e. The molecule has 2 heterocycles. The second-order valence-corrected chi connectivity index (χ2v) is 3.35. The summed E-state index contributed by atoms with van der Waals surface area (Å²) in [6.07, 6.45) is 1.95. The first-order valence-corrected chi connectivity index (χ1v) is 4.82. The van der Waals surface area contributed by atoms with Crippen molar-refractivity contribution in [1.82, 2.24) is 14.8 Å². The van der Waals surface area contributed by atoms with Crippen LogP contribution in [-0.2, 0) is 18.3 Å². The molecule has 84 valence electrons. The molecule has 0 amide bonds. The van der Waals surface area contributed by atoms with Crippen molar-refractivity contribution in [2.75, 3.05) is 0 Å². The van der Waals surface area contributed by atoms with Crippen LogP contribution in [0, 0.1) is 0 Å². The number of aliphatic carboxylic acids is 1. The number of rotatable bonds is 4. The van der Waals surface area contributed by atoms with Gasteiger partial charge in [0, 0.05) is 13.5 Å². The van der Waals surface area contributed by atoms with Gasteiger partial charge in [0.05, 0.1) is 12.7 Å². The molecule has 0 aliphatic rings. The number of nitrogens with zero attached hydrogens (tertiary/aromatic N) is 3. The minimum atomic E-state index is -0.845. The quantitative estimate of drug-likeness (QED) is 0.835. The van der Waals surface area contributed by atoms with Gasteiger partial charge in [-0.2, -0.15) is 0 Å². The van der Waals surface area contributed by atoms with Crippen LogP contribution in [0.5, 0.6) is 0 Å². The molecule has 6 nitrogen and oxygen atoms in total. The maximum absolute atomic E-state index is 10.4. The lowest BCUT2D eigenvalue weighted by Crippen LogP contribution is -2.03. The minimum Gasteiger partial charge on any atom is -0.481 e. The van der Waals surface area contributed by atoms with Gasteiger partial charge in [-0.05, 0) is 12.1 Å². The Balaban J connectivity index is 2.19. The molecule has 0 saturated carbocycles. The van der Waals surface area contributed by atoms with Gasteiger partial charge in [0.15, 0.2) is 5.76 Å². The molecule has 6 heteroatoms. The first-order valence-electron chi connectivity index (χ1n) is 4.82. The molecule has 2 aromatic heterocycles. The predicted octanol–water partition coefficient (Wildman–Crippen LogP) is 1.09. The second-order valence-electron chi connectivity index (χ2n) is 3.35. The fraction of sp³-hybridized carbons (Fsp3) is 0.300. The van der Waals surface area contributed by atoms with Crippen molar-refractivity contribution in [2.45, 2.75) is 12.8 Å². The fourth-order valence-corrected chi connectivity index (χ4v) is 1.36. The van der Waals surface area contributed by atoms with Gasteiger partial charge in [0.1, 0.15) is 5.82 Å². The SMILES string of the molecule is Cn1nc(-c2ccco2)nc1CCC(=O)O. The molecule has 0 bridgehead atoms. The molecule has 0 unspecified atom stereocenters. The third kappa shape index (κ3) is 2.10. The normalized spacial score (nSPS) is 10.6. The van der Waals surface area contributed by atoms with Crippen LogP contribution in [-0.4, -0.2) is 25.8 Å². The van der Waals surface area contributed by atoms with Crippen molar-refractivity contribution < 1.29 is 14.3 Å². The average molecular weight is 221 g/mol. The van der Waals surface area contributed by atoms with Gasteiger partial charge < -0.3 is 9.52 Å². The number of carbonyl (C=O) groups is 1. The van der Waals surface area contributed by atoms with Gasteiger partial charge >= 0.3 is 5.97 Å². The maximum atomic E-state index is 10.4. The van der Waals surface area contributed by atoms with Crippen LogP contribution in [0.2, 0.25) is 0 Å². The minimum absolute atomic E-state index is 0.0458. The zero-order chi connectivity index (χ0) is 11.5. The summed E-state index contributed by atoms with van der Waals surface area (Å²) in [5.74, 6) is 0.849. The number of aryl methyl sites for hydroxylation is 2. The molecule has 2 aromatic rings. The maximum Gasteiger partial charge on any atom is 0.303 e. The zero-order valence-electron chi connectivity index (χ0n) is 8.75. The van der Waals surface area contributed by atoms with Crippen molar-refractivity contribution in [3.8, 4) is 11.6 Å². The van der Waals surface area contributed by atoms with Gasteiger partial charge in [-0.1, -0.05) is 0 Å².